The highest BCUT2D eigenvalue weighted by atomic mass is 16.5. The quantitative estimate of drug-likeness (QED) is 0.682. The molecule has 1 aromatic carbocycles. The van der Waals surface area contributed by atoms with Gasteiger partial charge in [-0.2, -0.15) is 4.98 Å². The van der Waals surface area contributed by atoms with Crippen molar-refractivity contribution in [2.45, 2.75) is 45.1 Å². The van der Waals surface area contributed by atoms with Crippen molar-refractivity contribution in [1.29, 1.82) is 0 Å². The molecule has 2 atom stereocenters. The first kappa shape index (κ1) is 18.9. The molecule has 2 amide bonds. The zero-order valence-corrected chi connectivity index (χ0v) is 15.0. The fraction of sp³-hybridized carbons (Fsp3) is 0.500. The predicted molar refractivity (Wildman–Crippen MR) is 95.1 cm³/mol. The van der Waals surface area contributed by atoms with Crippen LogP contribution in [-0.2, 0) is 0 Å². The summed E-state index contributed by atoms with van der Waals surface area (Å²) in [6.07, 6.45) is 1.58. The topological polar surface area (TPSA) is 100 Å². The van der Waals surface area contributed by atoms with E-state index in [0.29, 0.717) is 24.7 Å². The van der Waals surface area contributed by atoms with E-state index in [-0.39, 0.29) is 18.6 Å². The molecule has 136 valence electrons. The van der Waals surface area contributed by atoms with Gasteiger partial charge in [-0.05, 0) is 13.3 Å². The Morgan fingerprint density at radius 1 is 1.36 bits per heavy atom. The predicted octanol–water partition coefficient (Wildman–Crippen LogP) is 2.69. The maximum absolute atomic E-state index is 12.1. The first-order valence-corrected chi connectivity index (χ1v) is 8.53. The van der Waals surface area contributed by atoms with Crippen LogP contribution in [0.1, 0.15) is 45.4 Å². The zero-order valence-electron chi connectivity index (χ0n) is 15.0. The fourth-order valence-electron chi connectivity index (χ4n) is 2.52. The van der Waals surface area contributed by atoms with Gasteiger partial charge in [-0.3, -0.25) is 0 Å². The van der Waals surface area contributed by atoms with E-state index in [1.54, 1.807) is 0 Å². The number of benzene rings is 1. The molecule has 2 aromatic rings. The number of nitrogens with one attached hydrogen (secondary N) is 2. The third-order valence-corrected chi connectivity index (χ3v) is 4.03. The average molecular weight is 346 g/mol. The molecule has 0 aliphatic rings. The van der Waals surface area contributed by atoms with Crippen molar-refractivity contribution in [3.8, 4) is 11.4 Å². The highest BCUT2D eigenvalue weighted by Gasteiger charge is 2.25. The number of aliphatic hydroxyl groups is 1. The van der Waals surface area contributed by atoms with E-state index in [9.17, 15) is 9.90 Å². The van der Waals surface area contributed by atoms with E-state index < -0.39 is 5.54 Å². The number of carbonyl (C=O) groups excluding carboxylic acids is 1. The molecular formula is C18H26N4O3. The summed E-state index contributed by atoms with van der Waals surface area (Å²) in [5.41, 5.74) is 0.265. The third kappa shape index (κ3) is 5.29. The van der Waals surface area contributed by atoms with Crippen molar-refractivity contribution >= 4 is 6.03 Å². The number of hydrogen-bond donors (Lipinski definition) is 3. The fourth-order valence-corrected chi connectivity index (χ4v) is 2.52. The van der Waals surface area contributed by atoms with Gasteiger partial charge in [-0.15, -0.1) is 0 Å². The van der Waals surface area contributed by atoms with Crippen LogP contribution in [0.15, 0.2) is 34.9 Å². The van der Waals surface area contributed by atoms with Gasteiger partial charge in [-0.25, -0.2) is 4.79 Å². The van der Waals surface area contributed by atoms with Crippen molar-refractivity contribution in [2.24, 2.45) is 0 Å². The number of rotatable bonds is 8. The highest BCUT2D eigenvalue weighted by molar-refractivity contribution is 5.74. The molecule has 0 saturated carbocycles. The summed E-state index contributed by atoms with van der Waals surface area (Å²) in [5, 5.41) is 19.0. The summed E-state index contributed by atoms with van der Waals surface area (Å²) in [6, 6.07) is 9.25. The molecule has 1 heterocycles. The molecular weight excluding hydrogens is 320 g/mol. The van der Waals surface area contributed by atoms with Crippen LogP contribution in [0.5, 0.6) is 0 Å². The molecule has 3 N–H and O–H groups in total. The molecule has 7 nitrogen and oxygen atoms in total. The van der Waals surface area contributed by atoms with Crippen LogP contribution < -0.4 is 10.6 Å². The van der Waals surface area contributed by atoms with Crippen LogP contribution in [0.25, 0.3) is 11.4 Å². The van der Waals surface area contributed by atoms with Crippen LogP contribution in [0.4, 0.5) is 4.79 Å². The van der Waals surface area contributed by atoms with Crippen LogP contribution in [0.3, 0.4) is 0 Å². The van der Waals surface area contributed by atoms with E-state index in [1.807, 2.05) is 51.1 Å². The van der Waals surface area contributed by atoms with Gasteiger partial charge in [0, 0.05) is 12.1 Å². The van der Waals surface area contributed by atoms with Gasteiger partial charge in [0.25, 0.3) is 0 Å². The summed E-state index contributed by atoms with van der Waals surface area (Å²) >= 11 is 0. The Labute approximate surface area is 147 Å². The van der Waals surface area contributed by atoms with Gasteiger partial charge in [0.15, 0.2) is 0 Å². The number of hydrogen-bond acceptors (Lipinski definition) is 5. The minimum absolute atomic E-state index is 0.103. The van der Waals surface area contributed by atoms with Gasteiger partial charge in [-0.1, -0.05) is 55.8 Å². The van der Waals surface area contributed by atoms with E-state index >= 15 is 0 Å². The lowest BCUT2D eigenvalue weighted by Crippen LogP contribution is -2.52. The number of aliphatic hydroxyl groups excluding tert-OH is 1. The number of urea groups is 1. The van der Waals surface area contributed by atoms with Gasteiger partial charge in [0.2, 0.25) is 11.7 Å². The Hall–Kier alpha value is -2.41. The van der Waals surface area contributed by atoms with Crippen LogP contribution >= 0.6 is 0 Å². The Balaban J connectivity index is 1.89. The van der Waals surface area contributed by atoms with E-state index in [4.69, 9.17) is 4.52 Å². The van der Waals surface area contributed by atoms with Crippen molar-refractivity contribution in [1.82, 2.24) is 20.8 Å². The molecule has 2 rings (SSSR count). The summed E-state index contributed by atoms with van der Waals surface area (Å²) in [7, 11) is 0. The smallest absolute Gasteiger partial charge is 0.315 e. The summed E-state index contributed by atoms with van der Waals surface area (Å²) in [6.45, 7) is 5.99. The molecule has 2 unspecified atom stereocenters. The molecule has 0 aliphatic carbocycles. The van der Waals surface area contributed by atoms with Crippen molar-refractivity contribution in [2.75, 3.05) is 13.2 Å². The summed E-state index contributed by atoms with van der Waals surface area (Å²) in [5.74, 6) is 0.877. The molecule has 25 heavy (non-hydrogen) atoms. The van der Waals surface area contributed by atoms with Crippen LogP contribution in [0.2, 0.25) is 0 Å². The molecule has 0 aliphatic heterocycles. The van der Waals surface area contributed by atoms with Crippen molar-refractivity contribution in [3.05, 3.63) is 36.2 Å². The maximum atomic E-state index is 12.1. The monoisotopic (exact) mass is 346 g/mol. The number of amides is 2. The van der Waals surface area contributed by atoms with Gasteiger partial charge in [0.05, 0.1) is 18.1 Å². The lowest BCUT2D eigenvalue weighted by Gasteiger charge is -2.28. The standard InChI is InChI=1S/C18H26N4O3/c1-4-10-18(3,12-23)21-17(24)19-11-13(2)16-20-15(22-25-16)14-8-6-5-7-9-14/h5-9,13,23H,4,10-12H2,1-3H3,(H2,19,21,24). The molecule has 0 fully saturated rings. The van der Waals surface area contributed by atoms with Gasteiger partial charge >= 0.3 is 6.03 Å². The maximum Gasteiger partial charge on any atom is 0.315 e. The van der Waals surface area contributed by atoms with Gasteiger partial charge in [0.1, 0.15) is 0 Å². The first-order chi connectivity index (χ1) is 12.0. The SMILES string of the molecule is CCCC(C)(CO)NC(=O)NCC(C)c1nc(-c2ccccc2)no1. The number of aromatic nitrogens is 2. The molecule has 0 saturated heterocycles. The lowest BCUT2D eigenvalue weighted by atomic mass is 9.98. The number of carbonyl (C=O) groups is 1. The Kier molecular flexibility index (Phi) is 6.52. The van der Waals surface area contributed by atoms with E-state index in [1.165, 1.54) is 0 Å². The second-order valence-corrected chi connectivity index (χ2v) is 6.53. The Morgan fingerprint density at radius 3 is 2.72 bits per heavy atom. The Morgan fingerprint density at radius 2 is 2.08 bits per heavy atom. The minimum atomic E-state index is -0.618. The second-order valence-electron chi connectivity index (χ2n) is 6.53. The number of nitrogens with zero attached hydrogens (tertiary/aromatic N) is 2. The normalized spacial score (nSPS) is 14.6. The van der Waals surface area contributed by atoms with Crippen LogP contribution in [-0.4, -0.2) is 40.0 Å². The third-order valence-electron chi connectivity index (χ3n) is 4.03. The average Bonchev–Trinajstić information content (AvgIpc) is 3.11. The van der Waals surface area contributed by atoms with E-state index in [0.717, 1.165) is 12.0 Å². The van der Waals surface area contributed by atoms with Crippen molar-refractivity contribution < 1.29 is 14.4 Å². The highest BCUT2D eigenvalue weighted by Crippen LogP contribution is 2.19. The zero-order chi connectivity index (χ0) is 18.3. The van der Waals surface area contributed by atoms with E-state index in [2.05, 4.69) is 20.8 Å². The second kappa shape index (κ2) is 8.62. The molecule has 7 heteroatoms. The summed E-state index contributed by atoms with van der Waals surface area (Å²) < 4.78 is 5.30. The minimum Gasteiger partial charge on any atom is -0.394 e. The lowest BCUT2D eigenvalue weighted by molar-refractivity contribution is 0.163. The first-order valence-electron chi connectivity index (χ1n) is 8.53. The van der Waals surface area contributed by atoms with Gasteiger partial charge < -0.3 is 20.3 Å². The molecule has 0 spiro atoms. The summed E-state index contributed by atoms with van der Waals surface area (Å²) in [4.78, 5) is 16.4. The molecule has 0 bridgehead atoms. The molecule has 0 radical (unpaired) electrons. The Bertz CT molecular complexity index is 674. The van der Waals surface area contributed by atoms with Crippen molar-refractivity contribution in [3.63, 3.8) is 0 Å². The van der Waals surface area contributed by atoms with Crippen LogP contribution in [0, 0.1) is 0 Å². The largest absolute Gasteiger partial charge is 0.394 e. The molecule has 1 aromatic heterocycles.